The Kier molecular flexibility index (Phi) is 4.55. The molecule has 0 N–H and O–H groups in total. The summed E-state index contributed by atoms with van der Waals surface area (Å²) in [6, 6.07) is 8.66. The number of hydrogen-bond acceptors (Lipinski definition) is 4. The Morgan fingerprint density at radius 3 is 2.67 bits per heavy atom. The van der Waals surface area contributed by atoms with Gasteiger partial charge in [0.15, 0.2) is 0 Å². The minimum absolute atomic E-state index is 0.0222. The number of nitrogens with zero attached hydrogens (tertiary/aromatic N) is 4. The number of anilines is 1. The number of piperidine rings is 1. The summed E-state index contributed by atoms with van der Waals surface area (Å²) in [5.74, 6) is 1.81. The molecule has 1 aromatic carbocycles. The van der Waals surface area contributed by atoms with Crippen LogP contribution < -0.4 is 4.90 Å². The maximum atomic E-state index is 11.3. The van der Waals surface area contributed by atoms with Crippen LogP contribution in [0.2, 0.25) is 0 Å². The van der Waals surface area contributed by atoms with Gasteiger partial charge in [-0.15, -0.1) is 0 Å². The summed E-state index contributed by atoms with van der Waals surface area (Å²) in [6.07, 6.45) is 3.23. The first-order chi connectivity index (χ1) is 11.5. The molecule has 1 fully saturated rings. The standard InChI is InChI=1S/C18H24N4O2/c1-13-6-8-15(9-7-13)11-16-5-4-10-21(12-16)18-17(22(23)24)19-14(2)20(18)3/h6-9,16H,4-5,10-12H2,1-3H3. The molecule has 1 saturated heterocycles. The fraction of sp³-hybridized carbons (Fsp3) is 0.500. The van der Waals surface area contributed by atoms with Gasteiger partial charge in [-0.25, -0.2) is 0 Å². The van der Waals surface area contributed by atoms with E-state index >= 15 is 0 Å². The summed E-state index contributed by atoms with van der Waals surface area (Å²) < 4.78 is 1.84. The fourth-order valence-electron chi connectivity index (χ4n) is 3.54. The first-order valence-electron chi connectivity index (χ1n) is 8.44. The van der Waals surface area contributed by atoms with Gasteiger partial charge in [0.2, 0.25) is 11.6 Å². The number of aromatic nitrogens is 2. The molecular weight excluding hydrogens is 304 g/mol. The lowest BCUT2D eigenvalue weighted by molar-refractivity contribution is -0.388. The first kappa shape index (κ1) is 16.5. The second-order valence-electron chi connectivity index (χ2n) is 6.77. The van der Waals surface area contributed by atoms with Crippen molar-refractivity contribution in [2.24, 2.45) is 13.0 Å². The summed E-state index contributed by atoms with van der Waals surface area (Å²) in [6.45, 7) is 5.60. The number of hydrogen-bond donors (Lipinski definition) is 0. The van der Waals surface area contributed by atoms with Gasteiger partial charge in [0.25, 0.3) is 0 Å². The lowest BCUT2D eigenvalue weighted by atomic mass is 9.91. The van der Waals surface area contributed by atoms with E-state index in [0.29, 0.717) is 17.6 Å². The molecule has 1 aromatic heterocycles. The molecule has 6 heteroatoms. The zero-order valence-corrected chi connectivity index (χ0v) is 14.5. The number of benzene rings is 1. The van der Waals surface area contributed by atoms with E-state index < -0.39 is 0 Å². The highest BCUT2D eigenvalue weighted by Gasteiger charge is 2.31. The number of aryl methyl sites for hydroxylation is 2. The molecule has 128 valence electrons. The van der Waals surface area contributed by atoms with Crippen LogP contribution in [0.5, 0.6) is 0 Å². The average Bonchev–Trinajstić information content (AvgIpc) is 2.86. The Bertz CT molecular complexity index is 736. The molecule has 0 saturated carbocycles. The zero-order valence-electron chi connectivity index (χ0n) is 14.5. The van der Waals surface area contributed by atoms with Gasteiger partial charge in [-0.1, -0.05) is 29.8 Å². The predicted octanol–water partition coefficient (Wildman–Crippen LogP) is 3.40. The minimum atomic E-state index is -0.369. The van der Waals surface area contributed by atoms with Crippen molar-refractivity contribution in [3.05, 3.63) is 51.3 Å². The highest BCUT2D eigenvalue weighted by Crippen LogP contribution is 2.32. The van der Waals surface area contributed by atoms with E-state index in [1.54, 1.807) is 0 Å². The second-order valence-corrected chi connectivity index (χ2v) is 6.77. The normalized spacial score (nSPS) is 18.0. The molecule has 2 aromatic rings. The third-order valence-corrected chi connectivity index (χ3v) is 4.91. The number of rotatable bonds is 4. The smallest absolute Gasteiger partial charge is 0.358 e. The molecule has 6 nitrogen and oxygen atoms in total. The summed E-state index contributed by atoms with van der Waals surface area (Å²) >= 11 is 0. The lowest BCUT2D eigenvalue weighted by Gasteiger charge is -2.33. The van der Waals surface area contributed by atoms with Crippen LogP contribution in [-0.2, 0) is 13.5 Å². The van der Waals surface area contributed by atoms with Gasteiger partial charge >= 0.3 is 5.82 Å². The van der Waals surface area contributed by atoms with Crippen molar-refractivity contribution in [3.8, 4) is 0 Å². The van der Waals surface area contributed by atoms with Gasteiger partial charge in [-0.05, 0) is 47.6 Å². The molecular formula is C18H24N4O2. The Balaban J connectivity index is 1.78. The minimum Gasteiger partial charge on any atom is -0.358 e. The first-order valence-corrected chi connectivity index (χ1v) is 8.44. The largest absolute Gasteiger partial charge is 0.406 e. The van der Waals surface area contributed by atoms with E-state index in [2.05, 4.69) is 41.1 Å². The maximum Gasteiger partial charge on any atom is 0.406 e. The number of nitro groups is 1. The van der Waals surface area contributed by atoms with Gasteiger partial charge in [0, 0.05) is 27.1 Å². The summed E-state index contributed by atoms with van der Waals surface area (Å²) in [4.78, 5) is 17.2. The van der Waals surface area contributed by atoms with Crippen LogP contribution in [0.4, 0.5) is 11.6 Å². The highest BCUT2D eigenvalue weighted by molar-refractivity contribution is 5.56. The van der Waals surface area contributed by atoms with E-state index in [9.17, 15) is 10.1 Å². The zero-order chi connectivity index (χ0) is 17.3. The van der Waals surface area contributed by atoms with E-state index in [0.717, 1.165) is 32.4 Å². The summed E-state index contributed by atoms with van der Waals surface area (Å²) in [5, 5.41) is 11.3. The summed E-state index contributed by atoms with van der Waals surface area (Å²) in [7, 11) is 1.86. The van der Waals surface area contributed by atoms with Crippen LogP contribution in [0.3, 0.4) is 0 Å². The third kappa shape index (κ3) is 3.27. The van der Waals surface area contributed by atoms with Crippen LogP contribution in [0.1, 0.15) is 29.8 Å². The van der Waals surface area contributed by atoms with Gasteiger partial charge in [-0.3, -0.25) is 4.57 Å². The van der Waals surface area contributed by atoms with Crippen LogP contribution >= 0.6 is 0 Å². The fourth-order valence-corrected chi connectivity index (χ4v) is 3.54. The highest BCUT2D eigenvalue weighted by atomic mass is 16.6. The average molecular weight is 328 g/mol. The van der Waals surface area contributed by atoms with E-state index in [4.69, 9.17) is 0 Å². The molecule has 1 unspecified atom stereocenters. The van der Waals surface area contributed by atoms with E-state index in [1.807, 2.05) is 18.5 Å². The lowest BCUT2D eigenvalue weighted by Crippen LogP contribution is -2.37. The monoisotopic (exact) mass is 328 g/mol. The number of imidazole rings is 1. The van der Waals surface area contributed by atoms with E-state index in [1.165, 1.54) is 11.1 Å². The molecule has 3 rings (SSSR count). The SMILES string of the molecule is Cc1ccc(CC2CCCN(c3c([N+](=O)[O-])nc(C)n3C)C2)cc1. The van der Waals surface area contributed by atoms with Crippen LogP contribution in [0, 0.1) is 29.9 Å². The molecule has 0 spiro atoms. The molecule has 2 heterocycles. The maximum absolute atomic E-state index is 11.3. The quantitative estimate of drug-likeness (QED) is 0.637. The Morgan fingerprint density at radius 2 is 2.00 bits per heavy atom. The molecule has 1 atom stereocenters. The Hall–Kier alpha value is -2.37. The van der Waals surface area contributed by atoms with Crippen molar-refractivity contribution in [2.75, 3.05) is 18.0 Å². The van der Waals surface area contributed by atoms with Crippen LogP contribution in [0.15, 0.2) is 24.3 Å². The molecule has 24 heavy (non-hydrogen) atoms. The Labute approximate surface area is 142 Å². The molecule has 0 aliphatic carbocycles. The molecule has 1 aliphatic heterocycles. The van der Waals surface area contributed by atoms with Crippen molar-refractivity contribution in [1.82, 2.24) is 9.55 Å². The molecule has 0 bridgehead atoms. The Morgan fingerprint density at radius 1 is 1.29 bits per heavy atom. The van der Waals surface area contributed by atoms with Gasteiger partial charge in [-0.2, -0.15) is 0 Å². The second kappa shape index (κ2) is 6.63. The van der Waals surface area contributed by atoms with E-state index in [-0.39, 0.29) is 10.7 Å². The topological polar surface area (TPSA) is 64.2 Å². The predicted molar refractivity (Wildman–Crippen MR) is 94.4 cm³/mol. The van der Waals surface area contributed by atoms with Crippen molar-refractivity contribution in [1.29, 1.82) is 0 Å². The van der Waals surface area contributed by atoms with Gasteiger partial charge in [0.1, 0.15) is 0 Å². The third-order valence-electron chi connectivity index (χ3n) is 4.91. The molecule has 0 amide bonds. The van der Waals surface area contributed by atoms with Crippen molar-refractivity contribution in [2.45, 2.75) is 33.1 Å². The molecule has 1 aliphatic rings. The summed E-state index contributed by atoms with van der Waals surface area (Å²) in [5.41, 5.74) is 2.60. The van der Waals surface area contributed by atoms with Crippen LogP contribution in [0.25, 0.3) is 0 Å². The van der Waals surface area contributed by atoms with Crippen molar-refractivity contribution >= 4 is 11.6 Å². The van der Waals surface area contributed by atoms with Gasteiger partial charge in [0.05, 0.1) is 0 Å². The molecule has 0 radical (unpaired) electrons. The van der Waals surface area contributed by atoms with Crippen LogP contribution in [-0.4, -0.2) is 27.6 Å². The van der Waals surface area contributed by atoms with Crippen molar-refractivity contribution < 1.29 is 4.92 Å². The van der Waals surface area contributed by atoms with Crippen molar-refractivity contribution in [3.63, 3.8) is 0 Å². The van der Waals surface area contributed by atoms with Gasteiger partial charge < -0.3 is 15.0 Å².